The highest BCUT2D eigenvalue weighted by atomic mass is 79.9. The highest BCUT2D eigenvalue weighted by Crippen LogP contribution is 2.51. The fraction of sp³-hybridized carbons (Fsp3) is 0.571. The minimum absolute atomic E-state index is 0.0812. The zero-order valence-electron chi connectivity index (χ0n) is 9.96. The van der Waals surface area contributed by atoms with Crippen LogP contribution in [0.2, 0.25) is 0 Å². The van der Waals surface area contributed by atoms with E-state index < -0.39 is 0 Å². The number of benzene rings is 1. The van der Waals surface area contributed by atoms with Crippen LogP contribution in [-0.4, -0.2) is 5.11 Å². The van der Waals surface area contributed by atoms with Crippen LogP contribution < -0.4 is 0 Å². The largest absolute Gasteiger partial charge is 0.388 e. The van der Waals surface area contributed by atoms with Crippen LogP contribution in [0.1, 0.15) is 50.3 Å². The van der Waals surface area contributed by atoms with Gasteiger partial charge in [-0.15, -0.1) is 0 Å². The monoisotopic (exact) mass is 282 g/mol. The molecule has 2 rings (SSSR count). The predicted molar refractivity (Wildman–Crippen MR) is 70.4 cm³/mol. The summed E-state index contributed by atoms with van der Waals surface area (Å²) in [7, 11) is 0. The smallest absolute Gasteiger partial charge is 0.0852 e. The molecule has 0 bridgehead atoms. The molecule has 0 heterocycles. The van der Waals surface area contributed by atoms with E-state index in [1.165, 1.54) is 5.56 Å². The summed E-state index contributed by atoms with van der Waals surface area (Å²) in [5.41, 5.74) is 2.54. The summed E-state index contributed by atoms with van der Waals surface area (Å²) in [6.07, 6.45) is 4.04. The van der Waals surface area contributed by atoms with Crippen molar-refractivity contribution in [3.8, 4) is 0 Å². The lowest BCUT2D eigenvalue weighted by molar-refractivity contribution is 0.0280. The fourth-order valence-corrected chi connectivity index (χ4v) is 3.38. The van der Waals surface area contributed by atoms with Crippen molar-refractivity contribution in [2.75, 3.05) is 0 Å². The molecule has 0 saturated heterocycles. The number of aliphatic hydroxyl groups is 1. The van der Waals surface area contributed by atoms with Gasteiger partial charge < -0.3 is 5.11 Å². The average molecular weight is 283 g/mol. The summed E-state index contributed by atoms with van der Waals surface area (Å²) in [5, 5.41) is 10.5. The topological polar surface area (TPSA) is 20.2 Å². The van der Waals surface area contributed by atoms with E-state index in [0.717, 1.165) is 35.7 Å². The minimum Gasteiger partial charge on any atom is -0.388 e. The van der Waals surface area contributed by atoms with Gasteiger partial charge in [-0.25, -0.2) is 0 Å². The molecule has 1 aliphatic rings. The molecule has 1 aliphatic carbocycles. The highest BCUT2D eigenvalue weighted by Gasteiger charge is 2.43. The van der Waals surface area contributed by atoms with Crippen LogP contribution in [0.5, 0.6) is 0 Å². The van der Waals surface area contributed by atoms with E-state index in [4.69, 9.17) is 0 Å². The van der Waals surface area contributed by atoms with Crippen molar-refractivity contribution in [2.45, 2.75) is 45.6 Å². The molecule has 2 heteroatoms. The zero-order valence-corrected chi connectivity index (χ0v) is 11.5. The molecule has 1 N–H and O–H groups in total. The Morgan fingerprint density at radius 1 is 1.44 bits per heavy atom. The standard InChI is InChI=1S/C14H19BrO/c1-3-7-14(4-2)9-10-5-6-11(15)8-12(10)13(14)16/h5-6,8,13,16H,3-4,7,9H2,1-2H3. The Balaban J connectivity index is 2.38. The lowest BCUT2D eigenvalue weighted by Crippen LogP contribution is -2.25. The molecular weight excluding hydrogens is 264 g/mol. The molecule has 0 aromatic heterocycles. The SMILES string of the molecule is CCCC1(CC)Cc2ccc(Br)cc2C1O. The molecule has 2 atom stereocenters. The van der Waals surface area contributed by atoms with E-state index in [-0.39, 0.29) is 11.5 Å². The highest BCUT2D eigenvalue weighted by molar-refractivity contribution is 9.10. The second-order valence-electron chi connectivity index (χ2n) is 4.89. The van der Waals surface area contributed by atoms with Gasteiger partial charge in [0.2, 0.25) is 0 Å². The van der Waals surface area contributed by atoms with Crippen molar-refractivity contribution in [3.63, 3.8) is 0 Å². The van der Waals surface area contributed by atoms with Gasteiger partial charge in [0.05, 0.1) is 6.10 Å². The van der Waals surface area contributed by atoms with Crippen LogP contribution in [0.4, 0.5) is 0 Å². The molecule has 0 aliphatic heterocycles. The molecule has 88 valence electrons. The Bertz CT molecular complexity index is 388. The molecular formula is C14H19BrO. The van der Waals surface area contributed by atoms with E-state index in [2.05, 4.69) is 48.0 Å². The third kappa shape index (κ3) is 1.82. The van der Waals surface area contributed by atoms with E-state index >= 15 is 0 Å². The third-order valence-electron chi connectivity index (χ3n) is 3.98. The first-order valence-electron chi connectivity index (χ1n) is 6.09. The summed E-state index contributed by atoms with van der Waals surface area (Å²) in [4.78, 5) is 0. The van der Waals surface area contributed by atoms with Crippen molar-refractivity contribution in [2.24, 2.45) is 5.41 Å². The Kier molecular flexibility index (Phi) is 3.41. The third-order valence-corrected chi connectivity index (χ3v) is 4.47. The van der Waals surface area contributed by atoms with Crippen LogP contribution in [0.3, 0.4) is 0 Å². The number of hydrogen-bond acceptors (Lipinski definition) is 1. The first-order valence-corrected chi connectivity index (χ1v) is 6.88. The van der Waals surface area contributed by atoms with Crippen LogP contribution in [0, 0.1) is 5.41 Å². The van der Waals surface area contributed by atoms with E-state index in [1.54, 1.807) is 0 Å². The van der Waals surface area contributed by atoms with Crippen LogP contribution in [0.15, 0.2) is 22.7 Å². The Hall–Kier alpha value is -0.340. The van der Waals surface area contributed by atoms with Crippen molar-refractivity contribution in [3.05, 3.63) is 33.8 Å². The lowest BCUT2D eigenvalue weighted by Gasteiger charge is -2.31. The number of aliphatic hydroxyl groups excluding tert-OH is 1. The summed E-state index contributed by atoms with van der Waals surface area (Å²) in [6, 6.07) is 6.30. The molecule has 0 fully saturated rings. The van der Waals surface area contributed by atoms with Crippen molar-refractivity contribution in [1.82, 2.24) is 0 Å². The summed E-state index contributed by atoms with van der Waals surface area (Å²) >= 11 is 3.48. The summed E-state index contributed by atoms with van der Waals surface area (Å²) in [5.74, 6) is 0. The van der Waals surface area contributed by atoms with Gasteiger partial charge in [-0.05, 0) is 42.5 Å². The summed E-state index contributed by atoms with van der Waals surface area (Å²) < 4.78 is 1.06. The molecule has 0 amide bonds. The van der Waals surface area contributed by atoms with E-state index in [9.17, 15) is 5.11 Å². The second kappa shape index (κ2) is 4.50. The maximum absolute atomic E-state index is 10.5. The quantitative estimate of drug-likeness (QED) is 0.880. The fourth-order valence-electron chi connectivity index (χ4n) is 3.01. The van der Waals surface area contributed by atoms with Gasteiger partial charge in [-0.3, -0.25) is 0 Å². The number of hydrogen-bond donors (Lipinski definition) is 1. The molecule has 1 aromatic rings. The van der Waals surface area contributed by atoms with Crippen molar-refractivity contribution >= 4 is 15.9 Å². The molecule has 1 nitrogen and oxygen atoms in total. The first-order chi connectivity index (χ1) is 7.63. The number of rotatable bonds is 3. The minimum atomic E-state index is -0.287. The van der Waals surface area contributed by atoms with Gasteiger partial charge in [0.1, 0.15) is 0 Å². The zero-order chi connectivity index (χ0) is 11.8. The second-order valence-corrected chi connectivity index (χ2v) is 5.80. The van der Waals surface area contributed by atoms with Gasteiger partial charge in [0, 0.05) is 9.89 Å². The van der Waals surface area contributed by atoms with Gasteiger partial charge in [0.15, 0.2) is 0 Å². The first kappa shape index (κ1) is 12.1. The average Bonchev–Trinajstić information content (AvgIpc) is 2.54. The maximum Gasteiger partial charge on any atom is 0.0852 e. The predicted octanol–water partition coefficient (Wildman–Crippen LogP) is 4.24. The molecule has 0 radical (unpaired) electrons. The van der Waals surface area contributed by atoms with Crippen LogP contribution >= 0.6 is 15.9 Å². The molecule has 0 saturated carbocycles. The normalized spacial score (nSPS) is 28.1. The Morgan fingerprint density at radius 3 is 2.81 bits per heavy atom. The number of halogens is 1. The van der Waals surface area contributed by atoms with Crippen LogP contribution in [-0.2, 0) is 6.42 Å². The van der Waals surface area contributed by atoms with E-state index in [1.807, 2.05) is 0 Å². The number of fused-ring (bicyclic) bond motifs is 1. The Morgan fingerprint density at radius 2 is 2.19 bits per heavy atom. The van der Waals surface area contributed by atoms with E-state index in [0.29, 0.717) is 0 Å². The lowest BCUT2D eigenvalue weighted by atomic mass is 9.76. The van der Waals surface area contributed by atoms with Crippen LogP contribution in [0.25, 0.3) is 0 Å². The van der Waals surface area contributed by atoms with Crippen molar-refractivity contribution < 1.29 is 5.11 Å². The van der Waals surface area contributed by atoms with Gasteiger partial charge in [-0.1, -0.05) is 42.3 Å². The van der Waals surface area contributed by atoms with Gasteiger partial charge in [-0.2, -0.15) is 0 Å². The van der Waals surface area contributed by atoms with Gasteiger partial charge >= 0.3 is 0 Å². The molecule has 2 unspecified atom stereocenters. The molecule has 1 aromatic carbocycles. The maximum atomic E-state index is 10.5. The Labute approximate surface area is 106 Å². The molecule has 0 spiro atoms. The molecule has 16 heavy (non-hydrogen) atoms. The van der Waals surface area contributed by atoms with Gasteiger partial charge in [0.25, 0.3) is 0 Å². The van der Waals surface area contributed by atoms with Crippen molar-refractivity contribution in [1.29, 1.82) is 0 Å². The summed E-state index contributed by atoms with van der Waals surface area (Å²) in [6.45, 7) is 4.39.